The summed E-state index contributed by atoms with van der Waals surface area (Å²) in [6.07, 6.45) is 13.1. The number of nitrogens with one attached hydrogen (secondary N) is 1. The molecule has 2 N–H and O–H groups in total. The summed E-state index contributed by atoms with van der Waals surface area (Å²) < 4.78 is 17.2. The van der Waals surface area contributed by atoms with E-state index in [1.54, 1.807) is 7.11 Å². The van der Waals surface area contributed by atoms with Crippen LogP contribution in [-0.4, -0.2) is 63.0 Å². The van der Waals surface area contributed by atoms with E-state index in [1.165, 1.54) is 34.5 Å². The summed E-state index contributed by atoms with van der Waals surface area (Å²) in [5.74, 6) is -1.51. The first-order chi connectivity index (χ1) is 20.0. The summed E-state index contributed by atoms with van der Waals surface area (Å²) in [5.41, 5.74) is 4.80. The largest absolute Gasteiger partial charge is 0.545 e. The van der Waals surface area contributed by atoms with Crippen molar-refractivity contribution in [3.8, 4) is 11.5 Å². The van der Waals surface area contributed by atoms with Crippen molar-refractivity contribution >= 4 is 17.9 Å². The lowest BCUT2D eigenvalue weighted by atomic mass is 10.00. The van der Waals surface area contributed by atoms with Crippen molar-refractivity contribution in [3.63, 3.8) is 0 Å². The van der Waals surface area contributed by atoms with Crippen molar-refractivity contribution in [2.75, 3.05) is 40.0 Å². The first-order valence-corrected chi connectivity index (χ1v) is 14.8. The SMILES string of the molecule is CCCCCc1cc(OC)c(C/C=C(\C)CCC=C(C)C)c(OC(=O)CC[NH+]2CCOCC2)c1.O=C([O-])/C=C\C(=O)O. The molecular weight excluding hydrogens is 538 g/mol. The van der Waals surface area contributed by atoms with Crippen LogP contribution in [0.3, 0.4) is 0 Å². The highest BCUT2D eigenvalue weighted by atomic mass is 16.5. The van der Waals surface area contributed by atoms with Gasteiger partial charge in [0, 0.05) is 11.6 Å². The Hall–Kier alpha value is -3.43. The standard InChI is InChI=1S/C29H45NO4.C4H4O4/c1-6-7-8-12-25-21-27(32-5)26(14-13-24(4)11-9-10-23(2)3)28(22-25)34-29(31)15-16-30-17-19-33-20-18-30;5-3(6)1-2-4(7)8/h10,13,21-22H,6-9,11-12,14-20H2,1-5H3;1-2H,(H,5,6)(H,7,8)/b24-13+;2-1-. The van der Waals surface area contributed by atoms with Gasteiger partial charge in [0.2, 0.25) is 0 Å². The van der Waals surface area contributed by atoms with E-state index >= 15 is 0 Å². The van der Waals surface area contributed by atoms with Gasteiger partial charge in [0.25, 0.3) is 0 Å². The van der Waals surface area contributed by atoms with Crippen LogP contribution in [0.15, 0.2) is 47.6 Å². The minimum atomic E-state index is -1.51. The molecule has 0 bridgehead atoms. The molecule has 1 fully saturated rings. The highest BCUT2D eigenvalue weighted by Gasteiger charge is 2.19. The number of carboxylic acid groups (broad SMARTS) is 2. The van der Waals surface area contributed by atoms with Crippen LogP contribution < -0.4 is 19.5 Å². The van der Waals surface area contributed by atoms with Gasteiger partial charge in [-0.05, 0) is 76.6 Å². The number of benzene rings is 1. The molecule has 9 heteroatoms. The lowest BCUT2D eigenvalue weighted by molar-refractivity contribution is -0.907. The molecule has 42 heavy (non-hydrogen) atoms. The number of allylic oxidation sites excluding steroid dienone is 4. The number of morpholine rings is 1. The number of hydrogen-bond donors (Lipinski definition) is 2. The predicted molar refractivity (Wildman–Crippen MR) is 161 cm³/mol. The molecule has 1 heterocycles. The van der Waals surface area contributed by atoms with Crippen LogP contribution in [0.5, 0.6) is 11.5 Å². The highest BCUT2D eigenvalue weighted by Crippen LogP contribution is 2.33. The Bertz CT molecular complexity index is 1060. The van der Waals surface area contributed by atoms with Gasteiger partial charge < -0.3 is 34.1 Å². The monoisotopic (exact) mass is 587 g/mol. The second-order valence-corrected chi connectivity index (χ2v) is 10.6. The van der Waals surface area contributed by atoms with Crippen LogP contribution in [-0.2, 0) is 32.0 Å². The van der Waals surface area contributed by atoms with E-state index in [1.807, 2.05) is 0 Å². The third kappa shape index (κ3) is 16.7. The first-order valence-electron chi connectivity index (χ1n) is 14.8. The Morgan fingerprint density at radius 1 is 1.02 bits per heavy atom. The number of carbonyl (C=O) groups excluding carboxylic acids is 2. The van der Waals surface area contributed by atoms with Crippen LogP contribution in [0, 0.1) is 0 Å². The Balaban J connectivity index is 0.000000962. The van der Waals surface area contributed by atoms with Gasteiger partial charge in [0.15, 0.2) is 0 Å². The Labute approximate surface area is 250 Å². The molecule has 0 amide bonds. The molecule has 1 saturated heterocycles. The summed E-state index contributed by atoms with van der Waals surface area (Å²) in [6, 6.07) is 4.17. The smallest absolute Gasteiger partial charge is 0.328 e. The number of aryl methyl sites for hydroxylation is 1. The molecule has 0 saturated carbocycles. The number of rotatable bonds is 16. The molecule has 0 atom stereocenters. The van der Waals surface area contributed by atoms with Crippen molar-refractivity contribution < 1.29 is 43.7 Å². The van der Waals surface area contributed by atoms with Gasteiger partial charge in [0.1, 0.15) is 24.6 Å². The van der Waals surface area contributed by atoms with Gasteiger partial charge in [-0.2, -0.15) is 0 Å². The third-order valence-electron chi connectivity index (χ3n) is 6.73. The molecule has 0 spiro atoms. The van der Waals surface area contributed by atoms with Crippen LogP contribution in [0.2, 0.25) is 0 Å². The molecule has 9 nitrogen and oxygen atoms in total. The molecule has 0 unspecified atom stereocenters. The second kappa shape index (κ2) is 21.3. The molecule has 234 valence electrons. The molecule has 1 aromatic rings. The van der Waals surface area contributed by atoms with Crippen LogP contribution in [0.4, 0.5) is 0 Å². The zero-order chi connectivity index (χ0) is 31.3. The third-order valence-corrected chi connectivity index (χ3v) is 6.73. The molecular formula is C33H49NO8. The Kier molecular flexibility index (Phi) is 18.6. The van der Waals surface area contributed by atoms with Crippen LogP contribution in [0.25, 0.3) is 0 Å². The van der Waals surface area contributed by atoms with E-state index in [-0.39, 0.29) is 5.97 Å². The molecule has 1 aliphatic heterocycles. The van der Waals surface area contributed by atoms with Gasteiger partial charge in [0.05, 0.1) is 39.3 Å². The zero-order valence-electron chi connectivity index (χ0n) is 26.0. The summed E-state index contributed by atoms with van der Waals surface area (Å²) in [7, 11) is 1.70. The van der Waals surface area contributed by atoms with Crippen molar-refractivity contribution in [2.45, 2.75) is 79.1 Å². The quantitative estimate of drug-likeness (QED) is 0.0993. The van der Waals surface area contributed by atoms with E-state index < -0.39 is 11.9 Å². The molecule has 0 aromatic heterocycles. The van der Waals surface area contributed by atoms with E-state index in [2.05, 4.69) is 52.0 Å². The van der Waals surface area contributed by atoms with E-state index in [9.17, 15) is 19.5 Å². The number of methoxy groups -OCH3 is 1. The minimum absolute atomic E-state index is 0.169. The fourth-order valence-corrected chi connectivity index (χ4v) is 4.34. The maximum atomic E-state index is 12.8. The summed E-state index contributed by atoms with van der Waals surface area (Å²) in [5, 5.41) is 17.2. The van der Waals surface area contributed by atoms with Crippen molar-refractivity contribution in [2.24, 2.45) is 0 Å². The van der Waals surface area contributed by atoms with E-state index in [0.29, 0.717) is 30.7 Å². The maximum absolute atomic E-state index is 12.8. The Morgan fingerprint density at radius 2 is 1.71 bits per heavy atom. The summed E-state index contributed by atoms with van der Waals surface area (Å²) >= 11 is 0. The van der Waals surface area contributed by atoms with Gasteiger partial charge in [-0.3, -0.25) is 4.79 Å². The molecule has 1 aromatic carbocycles. The molecule has 0 aliphatic carbocycles. The number of carboxylic acids is 2. The van der Waals surface area contributed by atoms with Crippen molar-refractivity contribution in [1.29, 1.82) is 0 Å². The summed E-state index contributed by atoms with van der Waals surface area (Å²) in [4.78, 5) is 33.2. The van der Waals surface area contributed by atoms with Crippen molar-refractivity contribution in [1.82, 2.24) is 0 Å². The van der Waals surface area contributed by atoms with Gasteiger partial charge in [-0.25, -0.2) is 4.79 Å². The van der Waals surface area contributed by atoms with Gasteiger partial charge >= 0.3 is 11.9 Å². The number of hydrogen-bond acceptors (Lipinski definition) is 7. The fraction of sp³-hybridized carbons (Fsp3) is 0.545. The van der Waals surface area contributed by atoms with Gasteiger partial charge in [-0.15, -0.1) is 0 Å². The van der Waals surface area contributed by atoms with Crippen molar-refractivity contribution in [3.05, 3.63) is 58.7 Å². The average Bonchev–Trinajstić information content (AvgIpc) is 2.95. The first kappa shape index (κ1) is 36.6. The molecule has 2 rings (SSSR count). The second-order valence-electron chi connectivity index (χ2n) is 10.6. The number of ether oxygens (including phenoxy) is 3. The summed E-state index contributed by atoms with van der Waals surface area (Å²) in [6.45, 7) is 12.9. The Morgan fingerprint density at radius 3 is 2.29 bits per heavy atom. The molecule has 1 aliphatic rings. The zero-order valence-corrected chi connectivity index (χ0v) is 26.0. The average molecular weight is 588 g/mol. The number of unbranched alkanes of at least 4 members (excludes halogenated alkanes) is 2. The van der Waals surface area contributed by atoms with Crippen LogP contribution in [0.1, 0.15) is 77.3 Å². The lowest BCUT2D eigenvalue weighted by Crippen LogP contribution is -3.14. The minimum Gasteiger partial charge on any atom is -0.545 e. The predicted octanol–water partition coefficient (Wildman–Crippen LogP) is 3.25. The fourth-order valence-electron chi connectivity index (χ4n) is 4.34. The van der Waals surface area contributed by atoms with E-state index in [0.717, 1.165) is 69.8 Å². The van der Waals surface area contributed by atoms with Gasteiger partial charge in [-0.1, -0.05) is 43.1 Å². The van der Waals surface area contributed by atoms with Crippen LogP contribution >= 0.6 is 0 Å². The number of aliphatic carboxylic acids is 2. The van der Waals surface area contributed by atoms with E-state index in [4.69, 9.17) is 19.3 Å². The number of quaternary nitrogens is 1. The number of carbonyl (C=O) groups is 3. The lowest BCUT2D eigenvalue weighted by Gasteiger charge is -2.23. The highest BCUT2D eigenvalue weighted by molar-refractivity contribution is 5.88. The maximum Gasteiger partial charge on any atom is 0.328 e. The molecule has 0 radical (unpaired) electrons. The normalized spacial score (nSPS) is 13.7. The number of esters is 1. The topological polar surface area (TPSA) is 127 Å².